The molecule has 0 aromatic rings. The fraction of sp³-hybridized carbons (Fsp3) is 0.917. The molecule has 1 saturated carbocycles. The molecule has 2 fully saturated rings. The molecule has 0 spiro atoms. The summed E-state index contributed by atoms with van der Waals surface area (Å²) in [5.74, 6) is -0.201. The lowest BCUT2D eigenvalue weighted by molar-refractivity contribution is -0.131. The van der Waals surface area contributed by atoms with Gasteiger partial charge in [0.15, 0.2) is 0 Å². The van der Waals surface area contributed by atoms with Crippen molar-refractivity contribution < 1.29 is 13.2 Å². The highest BCUT2D eigenvalue weighted by Gasteiger charge is 2.46. The van der Waals surface area contributed by atoms with E-state index in [1.165, 1.54) is 4.31 Å². The van der Waals surface area contributed by atoms with Crippen LogP contribution in [0.25, 0.3) is 0 Å². The second-order valence-corrected chi connectivity index (χ2v) is 7.83. The van der Waals surface area contributed by atoms with Gasteiger partial charge in [-0.15, -0.1) is 0 Å². The first-order chi connectivity index (χ1) is 8.37. The van der Waals surface area contributed by atoms with Crippen molar-refractivity contribution in [3.63, 3.8) is 0 Å². The average Bonchev–Trinajstić information content (AvgIpc) is 2.33. The van der Waals surface area contributed by atoms with Crippen LogP contribution in [0.1, 0.15) is 46.0 Å². The highest BCUT2D eigenvalue weighted by atomic mass is 32.2. The zero-order valence-electron chi connectivity index (χ0n) is 11.1. The van der Waals surface area contributed by atoms with Gasteiger partial charge in [0.05, 0.1) is 5.25 Å². The third-order valence-corrected chi connectivity index (χ3v) is 6.63. The van der Waals surface area contributed by atoms with Gasteiger partial charge in [-0.1, -0.05) is 19.3 Å². The van der Waals surface area contributed by atoms with Crippen LogP contribution < -0.4 is 5.32 Å². The maximum absolute atomic E-state index is 12.6. The van der Waals surface area contributed by atoms with Gasteiger partial charge in [0, 0.05) is 13.1 Å². The minimum Gasteiger partial charge on any atom is -0.353 e. The lowest BCUT2D eigenvalue weighted by Crippen LogP contribution is -2.64. The largest absolute Gasteiger partial charge is 0.353 e. The second kappa shape index (κ2) is 4.81. The van der Waals surface area contributed by atoms with Gasteiger partial charge in [0.25, 0.3) is 0 Å². The van der Waals surface area contributed by atoms with E-state index in [0.717, 1.165) is 32.1 Å². The van der Waals surface area contributed by atoms with Crippen LogP contribution in [0.5, 0.6) is 0 Å². The normalized spacial score (nSPS) is 26.9. The first kappa shape index (κ1) is 13.8. The summed E-state index contributed by atoms with van der Waals surface area (Å²) in [6, 6.07) is 0. The summed E-state index contributed by atoms with van der Waals surface area (Å²) >= 11 is 0. The van der Waals surface area contributed by atoms with Gasteiger partial charge in [-0.05, 0) is 26.7 Å². The van der Waals surface area contributed by atoms with Gasteiger partial charge in [-0.3, -0.25) is 4.79 Å². The van der Waals surface area contributed by atoms with Crippen molar-refractivity contribution in [3.05, 3.63) is 0 Å². The molecule has 1 N–H and O–H groups in total. The zero-order chi connectivity index (χ0) is 13.4. The van der Waals surface area contributed by atoms with Crippen molar-refractivity contribution in [2.24, 2.45) is 0 Å². The van der Waals surface area contributed by atoms with E-state index in [-0.39, 0.29) is 11.2 Å². The lowest BCUT2D eigenvalue weighted by Gasteiger charge is -2.42. The van der Waals surface area contributed by atoms with E-state index in [1.54, 1.807) is 13.8 Å². The summed E-state index contributed by atoms with van der Waals surface area (Å²) < 4.78 is 26.7. The summed E-state index contributed by atoms with van der Waals surface area (Å²) in [6.07, 6.45) is 4.54. The van der Waals surface area contributed by atoms with E-state index < -0.39 is 15.6 Å². The third-order valence-electron chi connectivity index (χ3n) is 4.06. The van der Waals surface area contributed by atoms with E-state index in [9.17, 15) is 13.2 Å². The Bertz CT molecular complexity index is 425. The van der Waals surface area contributed by atoms with E-state index in [0.29, 0.717) is 13.1 Å². The summed E-state index contributed by atoms with van der Waals surface area (Å²) in [5.41, 5.74) is -0.964. The molecule has 0 bridgehead atoms. The number of carbonyl (C=O) groups excluding carboxylic acids is 1. The number of rotatable bonds is 2. The van der Waals surface area contributed by atoms with Crippen molar-refractivity contribution in [1.29, 1.82) is 0 Å². The summed E-state index contributed by atoms with van der Waals surface area (Å²) in [6.45, 7) is 4.16. The Morgan fingerprint density at radius 3 is 2.44 bits per heavy atom. The Hall–Kier alpha value is -0.620. The van der Waals surface area contributed by atoms with Crippen LogP contribution in [0, 0.1) is 0 Å². The SMILES string of the molecule is CC1(C)C(=O)NCCN1S(=O)(=O)C1CCCCC1. The molecule has 18 heavy (non-hydrogen) atoms. The summed E-state index contributed by atoms with van der Waals surface area (Å²) in [7, 11) is -3.35. The maximum Gasteiger partial charge on any atom is 0.241 e. The van der Waals surface area contributed by atoms with Crippen LogP contribution in [0.4, 0.5) is 0 Å². The molecular formula is C12H22N2O3S. The number of hydrogen-bond acceptors (Lipinski definition) is 3. The molecule has 1 amide bonds. The topological polar surface area (TPSA) is 66.5 Å². The molecule has 6 heteroatoms. The first-order valence-electron chi connectivity index (χ1n) is 6.67. The average molecular weight is 274 g/mol. The minimum atomic E-state index is -3.35. The smallest absolute Gasteiger partial charge is 0.241 e. The van der Waals surface area contributed by atoms with Crippen molar-refractivity contribution in [2.75, 3.05) is 13.1 Å². The molecule has 104 valence electrons. The Labute approximate surface area is 109 Å². The number of hydrogen-bond donors (Lipinski definition) is 1. The van der Waals surface area contributed by atoms with Crippen LogP contribution in [0.2, 0.25) is 0 Å². The molecule has 0 radical (unpaired) electrons. The Kier molecular flexibility index (Phi) is 3.69. The van der Waals surface area contributed by atoms with Gasteiger partial charge in [-0.2, -0.15) is 4.31 Å². The van der Waals surface area contributed by atoms with Gasteiger partial charge in [0.1, 0.15) is 5.54 Å². The standard InChI is InChI=1S/C12H22N2O3S/c1-12(2)11(15)13-8-9-14(12)18(16,17)10-6-4-3-5-7-10/h10H,3-9H2,1-2H3,(H,13,15). The van der Waals surface area contributed by atoms with E-state index in [4.69, 9.17) is 0 Å². The second-order valence-electron chi connectivity index (χ2n) is 5.69. The number of carbonyl (C=O) groups is 1. The first-order valence-corrected chi connectivity index (χ1v) is 8.17. The number of amides is 1. The molecular weight excluding hydrogens is 252 g/mol. The molecule has 1 heterocycles. The van der Waals surface area contributed by atoms with Crippen LogP contribution in [0.15, 0.2) is 0 Å². The third kappa shape index (κ3) is 2.28. The lowest BCUT2D eigenvalue weighted by atomic mass is 10.0. The van der Waals surface area contributed by atoms with Crippen molar-refractivity contribution >= 4 is 15.9 Å². The van der Waals surface area contributed by atoms with E-state index >= 15 is 0 Å². The maximum atomic E-state index is 12.6. The van der Waals surface area contributed by atoms with Crippen LogP contribution >= 0.6 is 0 Å². The van der Waals surface area contributed by atoms with Crippen molar-refractivity contribution in [2.45, 2.75) is 56.7 Å². The number of nitrogens with one attached hydrogen (secondary N) is 1. The Morgan fingerprint density at radius 2 is 1.83 bits per heavy atom. The van der Waals surface area contributed by atoms with E-state index in [1.807, 2.05) is 0 Å². The Morgan fingerprint density at radius 1 is 1.22 bits per heavy atom. The van der Waals surface area contributed by atoms with Gasteiger partial charge in [0.2, 0.25) is 15.9 Å². The molecule has 0 aromatic carbocycles. The fourth-order valence-electron chi connectivity index (χ4n) is 2.87. The number of sulfonamides is 1. The fourth-order valence-corrected chi connectivity index (χ4v) is 5.22. The molecule has 0 atom stereocenters. The molecule has 5 nitrogen and oxygen atoms in total. The highest BCUT2D eigenvalue weighted by Crippen LogP contribution is 2.30. The summed E-state index contributed by atoms with van der Waals surface area (Å²) in [4.78, 5) is 11.8. The van der Waals surface area contributed by atoms with Gasteiger partial charge < -0.3 is 5.32 Å². The zero-order valence-corrected chi connectivity index (χ0v) is 11.9. The van der Waals surface area contributed by atoms with Gasteiger partial charge >= 0.3 is 0 Å². The molecule has 0 unspecified atom stereocenters. The molecule has 2 rings (SSSR count). The number of piperazine rings is 1. The molecule has 0 aromatic heterocycles. The van der Waals surface area contributed by atoms with Crippen molar-refractivity contribution in [1.82, 2.24) is 9.62 Å². The monoisotopic (exact) mass is 274 g/mol. The summed E-state index contributed by atoms with van der Waals surface area (Å²) in [5, 5.41) is 2.44. The van der Waals surface area contributed by atoms with Crippen LogP contribution in [0.3, 0.4) is 0 Å². The van der Waals surface area contributed by atoms with Gasteiger partial charge in [-0.25, -0.2) is 8.42 Å². The molecule has 1 aliphatic heterocycles. The predicted octanol–water partition coefficient (Wildman–Crippen LogP) is 0.859. The van der Waals surface area contributed by atoms with Crippen LogP contribution in [-0.2, 0) is 14.8 Å². The van der Waals surface area contributed by atoms with E-state index in [2.05, 4.69) is 5.32 Å². The van der Waals surface area contributed by atoms with Crippen LogP contribution in [-0.4, -0.2) is 42.5 Å². The predicted molar refractivity (Wildman–Crippen MR) is 69.6 cm³/mol. The molecule has 1 saturated heterocycles. The Balaban J connectivity index is 2.25. The molecule has 2 aliphatic rings. The number of nitrogens with zero attached hydrogens (tertiary/aromatic N) is 1. The highest BCUT2D eigenvalue weighted by molar-refractivity contribution is 7.89. The van der Waals surface area contributed by atoms with Crippen molar-refractivity contribution in [3.8, 4) is 0 Å². The quantitative estimate of drug-likeness (QED) is 0.812. The minimum absolute atomic E-state index is 0.201. The molecule has 1 aliphatic carbocycles.